The molecule has 1 aromatic rings. The van der Waals surface area contributed by atoms with Crippen LogP contribution in [0.5, 0.6) is 5.75 Å². The highest BCUT2D eigenvalue weighted by Crippen LogP contribution is 2.25. The van der Waals surface area contributed by atoms with E-state index in [4.69, 9.17) is 9.47 Å². The molecular formula is C16H24N2O4. The summed E-state index contributed by atoms with van der Waals surface area (Å²) in [5.74, 6) is 0.429. The third-order valence-electron chi connectivity index (χ3n) is 4.17. The summed E-state index contributed by atoms with van der Waals surface area (Å²) >= 11 is 0. The summed E-state index contributed by atoms with van der Waals surface area (Å²) in [6, 6.07) is 7.23. The van der Waals surface area contributed by atoms with Gasteiger partial charge in [0.15, 0.2) is 0 Å². The lowest BCUT2D eigenvalue weighted by atomic mass is 9.91. The molecule has 0 aromatic heterocycles. The van der Waals surface area contributed by atoms with E-state index in [-0.39, 0.29) is 12.5 Å². The summed E-state index contributed by atoms with van der Waals surface area (Å²) in [4.78, 5) is 12.4. The van der Waals surface area contributed by atoms with Crippen LogP contribution in [0.2, 0.25) is 0 Å². The lowest BCUT2D eigenvalue weighted by Crippen LogP contribution is -2.54. The Morgan fingerprint density at radius 1 is 1.36 bits per heavy atom. The minimum atomic E-state index is -0.823. The second kappa shape index (κ2) is 7.58. The summed E-state index contributed by atoms with van der Waals surface area (Å²) in [5.41, 5.74) is -0.145. The van der Waals surface area contributed by atoms with E-state index in [1.165, 1.54) is 0 Å². The van der Waals surface area contributed by atoms with Gasteiger partial charge in [-0.15, -0.1) is 0 Å². The SMILES string of the molecule is COc1ccccc1[C@@H](O)CNC(=O)C1(OC)CCNCC1. The Bertz CT molecular complexity index is 501. The summed E-state index contributed by atoms with van der Waals surface area (Å²) in [7, 11) is 3.11. The van der Waals surface area contributed by atoms with Crippen LogP contribution in [0.1, 0.15) is 24.5 Å². The number of hydrogen-bond donors (Lipinski definition) is 3. The van der Waals surface area contributed by atoms with Crippen LogP contribution in [0.15, 0.2) is 24.3 Å². The van der Waals surface area contributed by atoms with Crippen LogP contribution in [0, 0.1) is 0 Å². The molecule has 0 unspecified atom stereocenters. The molecule has 1 fully saturated rings. The van der Waals surface area contributed by atoms with Crippen LogP contribution in [0.25, 0.3) is 0 Å². The molecular weight excluding hydrogens is 284 g/mol. The third kappa shape index (κ3) is 3.58. The molecule has 0 bridgehead atoms. The van der Waals surface area contributed by atoms with E-state index in [2.05, 4.69) is 10.6 Å². The van der Waals surface area contributed by atoms with E-state index in [9.17, 15) is 9.90 Å². The van der Waals surface area contributed by atoms with E-state index in [0.717, 1.165) is 13.1 Å². The molecule has 1 aliphatic rings. The van der Waals surface area contributed by atoms with Gasteiger partial charge in [-0.2, -0.15) is 0 Å². The van der Waals surface area contributed by atoms with Crippen LogP contribution in [0.3, 0.4) is 0 Å². The fourth-order valence-corrected chi connectivity index (χ4v) is 2.76. The predicted molar refractivity (Wildman–Crippen MR) is 82.8 cm³/mol. The topological polar surface area (TPSA) is 79.8 Å². The Labute approximate surface area is 130 Å². The monoisotopic (exact) mass is 308 g/mol. The molecule has 0 spiro atoms. The molecule has 0 aliphatic carbocycles. The minimum Gasteiger partial charge on any atom is -0.496 e. The summed E-state index contributed by atoms with van der Waals surface area (Å²) in [6.07, 6.45) is 0.427. The molecule has 6 heteroatoms. The lowest BCUT2D eigenvalue weighted by molar-refractivity contribution is -0.147. The van der Waals surface area contributed by atoms with Crippen LogP contribution in [-0.2, 0) is 9.53 Å². The largest absolute Gasteiger partial charge is 0.496 e. The summed E-state index contributed by atoms with van der Waals surface area (Å²) < 4.78 is 10.7. The maximum atomic E-state index is 12.4. The van der Waals surface area contributed by atoms with Gasteiger partial charge in [0.05, 0.1) is 13.2 Å². The average molecular weight is 308 g/mol. The van der Waals surface area contributed by atoms with Gasteiger partial charge >= 0.3 is 0 Å². The van der Waals surface area contributed by atoms with Crippen LogP contribution in [-0.4, -0.2) is 50.5 Å². The molecule has 2 rings (SSSR count). The van der Waals surface area contributed by atoms with Gasteiger partial charge in [-0.3, -0.25) is 4.79 Å². The molecule has 1 saturated heterocycles. The van der Waals surface area contributed by atoms with Crippen LogP contribution >= 0.6 is 0 Å². The smallest absolute Gasteiger partial charge is 0.252 e. The van der Waals surface area contributed by atoms with Crippen LogP contribution < -0.4 is 15.4 Å². The maximum absolute atomic E-state index is 12.4. The number of amides is 1. The summed E-state index contributed by atoms with van der Waals surface area (Å²) in [6.45, 7) is 1.62. The van der Waals surface area contributed by atoms with Crippen LogP contribution in [0.4, 0.5) is 0 Å². The first-order valence-electron chi connectivity index (χ1n) is 7.48. The zero-order valence-corrected chi connectivity index (χ0v) is 13.1. The quantitative estimate of drug-likeness (QED) is 0.718. The van der Waals surface area contributed by atoms with Crippen molar-refractivity contribution in [3.63, 3.8) is 0 Å². The van der Waals surface area contributed by atoms with Crippen molar-refractivity contribution in [3.05, 3.63) is 29.8 Å². The number of hydrogen-bond acceptors (Lipinski definition) is 5. The van der Waals surface area contributed by atoms with Gasteiger partial charge < -0.3 is 25.2 Å². The maximum Gasteiger partial charge on any atom is 0.252 e. The number of benzene rings is 1. The number of methoxy groups -OCH3 is 2. The second-order valence-electron chi connectivity index (χ2n) is 5.42. The normalized spacial score (nSPS) is 18.5. The van der Waals surface area contributed by atoms with Crippen molar-refractivity contribution in [2.75, 3.05) is 33.9 Å². The number of aliphatic hydroxyl groups excluding tert-OH is 1. The van der Waals surface area contributed by atoms with Crippen molar-refractivity contribution < 1.29 is 19.4 Å². The third-order valence-corrected chi connectivity index (χ3v) is 4.17. The molecule has 1 heterocycles. The number of piperidine rings is 1. The average Bonchev–Trinajstić information content (AvgIpc) is 2.59. The summed E-state index contributed by atoms with van der Waals surface area (Å²) in [5, 5.41) is 16.3. The van der Waals surface area contributed by atoms with Gasteiger partial charge in [-0.25, -0.2) is 0 Å². The van der Waals surface area contributed by atoms with E-state index >= 15 is 0 Å². The number of carbonyl (C=O) groups excluding carboxylic acids is 1. The number of nitrogens with one attached hydrogen (secondary N) is 2. The zero-order valence-electron chi connectivity index (χ0n) is 13.1. The zero-order chi connectivity index (χ0) is 16.0. The fourth-order valence-electron chi connectivity index (χ4n) is 2.76. The molecule has 0 radical (unpaired) electrons. The van der Waals surface area contributed by atoms with Crippen molar-refractivity contribution in [3.8, 4) is 5.75 Å². The Balaban J connectivity index is 1.98. The molecule has 1 aliphatic heterocycles. The van der Waals surface area contributed by atoms with Gasteiger partial charge in [0.2, 0.25) is 0 Å². The first-order chi connectivity index (χ1) is 10.6. The molecule has 0 saturated carbocycles. The number of aliphatic hydroxyl groups is 1. The highest BCUT2D eigenvalue weighted by Gasteiger charge is 2.39. The highest BCUT2D eigenvalue weighted by atomic mass is 16.5. The molecule has 6 nitrogen and oxygen atoms in total. The molecule has 22 heavy (non-hydrogen) atoms. The fraction of sp³-hybridized carbons (Fsp3) is 0.562. The molecule has 1 atom stereocenters. The Kier molecular flexibility index (Phi) is 5.76. The van der Waals surface area contributed by atoms with E-state index < -0.39 is 11.7 Å². The predicted octanol–water partition coefficient (Wildman–Crippen LogP) is 0.613. The number of carbonyl (C=O) groups is 1. The van der Waals surface area contributed by atoms with E-state index in [1.807, 2.05) is 12.1 Å². The first-order valence-corrected chi connectivity index (χ1v) is 7.48. The number of ether oxygens (including phenoxy) is 2. The molecule has 1 aromatic carbocycles. The van der Waals surface area contributed by atoms with Gasteiger partial charge in [0, 0.05) is 19.2 Å². The van der Waals surface area contributed by atoms with Crippen molar-refractivity contribution >= 4 is 5.91 Å². The van der Waals surface area contributed by atoms with Crippen molar-refractivity contribution in [2.45, 2.75) is 24.5 Å². The van der Waals surface area contributed by atoms with Crippen molar-refractivity contribution in [2.24, 2.45) is 0 Å². The Hall–Kier alpha value is -1.63. The van der Waals surface area contributed by atoms with Gasteiger partial charge in [0.25, 0.3) is 5.91 Å². The lowest BCUT2D eigenvalue weighted by Gasteiger charge is -2.35. The minimum absolute atomic E-state index is 0.123. The van der Waals surface area contributed by atoms with Crippen molar-refractivity contribution in [1.29, 1.82) is 0 Å². The molecule has 3 N–H and O–H groups in total. The van der Waals surface area contributed by atoms with Gasteiger partial charge in [-0.05, 0) is 32.0 Å². The first kappa shape index (κ1) is 16.7. The van der Waals surface area contributed by atoms with E-state index in [0.29, 0.717) is 24.2 Å². The van der Waals surface area contributed by atoms with E-state index in [1.54, 1.807) is 26.4 Å². The molecule has 1 amide bonds. The second-order valence-corrected chi connectivity index (χ2v) is 5.42. The molecule has 122 valence electrons. The number of rotatable bonds is 6. The number of para-hydroxylation sites is 1. The standard InChI is InChI=1S/C16H24N2O4/c1-21-14-6-4-3-5-12(14)13(19)11-18-15(20)16(22-2)7-9-17-10-8-16/h3-6,13,17,19H,7-11H2,1-2H3,(H,18,20)/t13-/m0/s1. The Morgan fingerprint density at radius 2 is 2.05 bits per heavy atom. The van der Waals surface area contributed by atoms with Gasteiger partial charge in [-0.1, -0.05) is 18.2 Å². The van der Waals surface area contributed by atoms with Crippen molar-refractivity contribution in [1.82, 2.24) is 10.6 Å². The van der Waals surface area contributed by atoms with Gasteiger partial charge in [0.1, 0.15) is 11.4 Å². The Morgan fingerprint density at radius 3 is 2.68 bits per heavy atom. The highest BCUT2D eigenvalue weighted by molar-refractivity contribution is 5.85.